The van der Waals surface area contributed by atoms with Gasteiger partial charge in [-0.1, -0.05) is 0 Å². The number of hydrogen-bond acceptors (Lipinski definition) is 4. The Kier molecular flexibility index (Phi) is 4.59. The van der Waals surface area contributed by atoms with Gasteiger partial charge >= 0.3 is 0 Å². The fourth-order valence-corrected chi connectivity index (χ4v) is 2.58. The maximum atomic E-state index is 4.26. The van der Waals surface area contributed by atoms with Crippen molar-refractivity contribution in [3.8, 4) is 0 Å². The molecule has 0 aliphatic carbocycles. The predicted molar refractivity (Wildman–Crippen MR) is 79.5 cm³/mol. The van der Waals surface area contributed by atoms with Crippen molar-refractivity contribution in [1.29, 1.82) is 0 Å². The van der Waals surface area contributed by atoms with E-state index >= 15 is 0 Å². The molecule has 2 N–H and O–H groups in total. The highest BCUT2D eigenvalue weighted by Gasteiger charge is 2.04. The number of anilines is 2. The molecule has 4 heteroatoms. The molecule has 2 aromatic heterocycles. The zero-order valence-corrected chi connectivity index (χ0v) is 11.6. The van der Waals surface area contributed by atoms with Crippen molar-refractivity contribution in [1.82, 2.24) is 4.98 Å². The van der Waals surface area contributed by atoms with E-state index in [1.165, 1.54) is 5.56 Å². The standard InChI is InChI=1S/C14H19N3S/c1-3-15-14-9-13(4-6-16-14)17-11(2)8-12-5-7-18-10-12/h4-7,9-11H,3,8H2,1-2H3,(H2,15,16,17). The number of nitrogens with zero attached hydrogens (tertiary/aromatic N) is 1. The summed E-state index contributed by atoms with van der Waals surface area (Å²) in [5.41, 5.74) is 2.50. The number of thiophene rings is 1. The summed E-state index contributed by atoms with van der Waals surface area (Å²) >= 11 is 1.75. The summed E-state index contributed by atoms with van der Waals surface area (Å²) in [5.74, 6) is 0.922. The van der Waals surface area contributed by atoms with Crippen LogP contribution in [-0.2, 0) is 6.42 Å². The lowest BCUT2D eigenvalue weighted by Gasteiger charge is -2.15. The first kappa shape index (κ1) is 12.9. The highest BCUT2D eigenvalue weighted by Crippen LogP contribution is 2.15. The molecule has 2 rings (SSSR count). The van der Waals surface area contributed by atoms with E-state index in [4.69, 9.17) is 0 Å². The fraction of sp³-hybridized carbons (Fsp3) is 0.357. The fourth-order valence-electron chi connectivity index (χ4n) is 1.90. The van der Waals surface area contributed by atoms with Crippen LogP contribution >= 0.6 is 11.3 Å². The lowest BCUT2D eigenvalue weighted by molar-refractivity contribution is 0.792. The first-order valence-electron chi connectivity index (χ1n) is 6.25. The third-order valence-electron chi connectivity index (χ3n) is 2.65. The van der Waals surface area contributed by atoms with Crippen LogP contribution in [-0.4, -0.2) is 17.6 Å². The van der Waals surface area contributed by atoms with Gasteiger partial charge in [-0.05, 0) is 48.7 Å². The van der Waals surface area contributed by atoms with E-state index in [1.807, 2.05) is 18.3 Å². The summed E-state index contributed by atoms with van der Waals surface area (Å²) in [6, 6.07) is 6.65. The zero-order valence-electron chi connectivity index (χ0n) is 10.8. The normalized spacial score (nSPS) is 12.1. The maximum Gasteiger partial charge on any atom is 0.127 e. The van der Waals surface area contributed by atoms with Gasteiger partial charge in [0.15, 0.2) is 0 Å². The van der Waals surface area contributed by atoms with Crippen LogP contribution in [0.5, 0.6) is 0 Å². The molecule has 96 valence electrons. The molecule has 3 nitrogen and oxygen atoms in total. The van der Waals surface area contributed by atoms with Gasteiger partial charge in [-0.25, -0.2) is 4.98 Å². The van der Waals surface area contributed by atoms with Gasteiger partial charge in [0.25, 0.3) is 0 Å². The summed E-state index contributed by atoms with van der Waals surface area (Å²) in [5, 5.41) is 11.0. The average Bonchev–Trinajstić information content (AvgIpc) is 2.82. The number of pyridine rings is 1. The second-order valence-electron chi connectivity index (χ2n) is 4.34. The molecule has 2 heterocycles. The molecule has 0 aromatic carbocycles. The van der Waals surface area contributed by atoms with Crippen molar-refractivity contribution in [2.24, 2.45) is 0 Å². The molecule has 0 saturated heterocycles. The van der Waals surface area contributed by atoms with Crippen molar-refractivity contribution in [3.63, 3.8) is 0 Å². The monoisotopic (exact) mass is 261 g/mol. The molecule has 1 atom stereocenters. The SMILES string of the molecule is CCNc1cc(NC(C)Cc2ccsc2)ccn1. The Morgan fingerprint density at radius 2 is 2.28 bits per heavy atom. The van der Waals surface area contributed by atoms with Crippen LogP contribution in [0.3, 0.4) is 0 Å². The molecule has 0 amide bonds. The largest absolute Gasteiger partial charge is 0.382 e. The summed E-state index contributed by atoms with van der Waals surface area (Å²) in [6.07, 6.45) is 2.88. The first-order chi connectivity index (χ1) is 8.78. The lowest BCUT2D eigenvalue weighted by atomic mass is 10.1. The van der Waals surface area contributed by atoms with E-state index in [2.05, 4.69) is 46.3 Å². The molecule has 0 spiro atoms. The Hall–Kier alpha value is -1.55. The number of hydrogen-bond donors (Lipinski definition) is 2. The van der Waals surface area contributed by atoms with E-state index in [9.17, 15) is 0 Å². The van der Waals surface area contributed by atoms with Crippen molar-refractivity contribution < 1.29 is 0 Å². The Labute approximate surface area is 112 Å². The molecule has 0 bridgehead atoms. The molecule has 2 aromatic rings. The predicted octanol–water partition coefficient (Wildman–Crippen LogP) is 3.62. The Morgan fingerprint density at radius 1 is 1.39 bits per heavy atom. The van der Waals surface area contributed by atoms with Gasteiger partial charge in [-0.3, -0.25) is 0 Å². The van der Waals surface area contributed by atoms with Gasteiger partial charge in [-0.15, -0.1) is 0 Å². The van der Waals surface area contributed by atoms with Crippen LogP contribution in [0, 0.1) is 0 Å². The van der Waals surface area contributed by atoms with E-state index in [0.29, 0.717) is 6.04 Å². The molecule has 18 heavy (non-hydrogen) atoms. The quantitative estimate of drug-likeness (QED) is 0.834. The summed E-state index contributed by atoms with van der Waals surface area (Å²) in [7, 11) is 0. The van der Waals surface area contributed by atoms with Gasteiger partial charge in [0.05, 0.1) is 0 Å². The van der Waals surface area contributed by atoms with Gasteiger partial charge in [-0.2, -0.15) is 11.3 Å². The van der Waals surface area contributed by atoms with Crippen molar-refractivity contribution in [2.45, 2.75) is 26.3 Å². The molecular weight excluding hydrogens is 242 g/mol. The van der Waals surface area contributed by atoms with Crippen LogP contribution in [0.2, 0.25) is 0 Å². The van der Waals surface area contributed by atoms with Crippen LogP contribution in [0.25, 0.3) is 0 Å². The van der Waals surface area contributed by atoms with Crippen LogP contribution in [0.15, 0.2) is 35.2 Å². The van der Waals surface area contributed by atoms with E-state index < -0.39 is 0 Å². The molecule has 0 fully saturated rings. The van der Waals surface area contributed by atoms with Gasteiger partial charge in [0.2, 0.25) is 0 Å². The van der Waals surface area contributed by atoms with E-state index in [0.717, 1.165) is 24.5 Å². The van der Waals surface area contributed by atoms with E-state index in [1.54, 1.807) is 11.3 Å². The van der Waals surface area contributed by atoms with Gasteiger partial charge in [0.1, 0.15) is 5.82 Å². The molecule has 0 radical (unpaired) electrons. The second kappa shape index (κ2) is 6.40. The number of nitrogens with one attached hydrogen (secondary N) is 2. The van der Waals surface area contributed by atoms with Crippen LogP contribution in [0.4, 0.5) is 11.5 Å². The average molecular weight is 261 g/mol. The van der Waals surface area contributed by atoms with Crippen LogP contribution in [0.1, 0.15) is 19.4 Å². The molecular formula is C14H19N3S. The molecule has 0 aliphatic heterocycles. The summed E-state index contributed by atoms with van der Waals surface area (Å²) in [6.45, 7) is 5.16. The third-order valence-corrected chi connectivity index (χ3v) is 3.38. The zero-order chi connectivity index (χ0) is 12.8. The third kappa shape index (κ3) is 3.74. The topological polar surface area (TPSA) is 37.0 Å². The minimum Gasteiger partial charge on any atom is -0.382 e. The summed E-state index contributed by atoms with van der Waals surface area (Å²) in [4.78, 5) is 4.26. The number of rotatable bonds is 6. The first-order valence-corrected chi connectivity index (χ1v) is 7.19. The highest BCUT2D eigenvalue weighted by atomic mass is 32.1. The molecule has 0 aliphatic rings. The Balaban J connectivity index is 1.93. The Morgan fingerprint density at radius 3 is 3.00 bits per heavy atom. The molecule has 1 unspecified atom stereocenters. The van der Waals surface area contributed by atoms with Gasteiger partial charge in [0, 0.05) is 30.5 Å². The van der Waals surface area contributed by atoms with Crippen molar-refractivity contribution in [2.75, 3.05) is 17.2 Å². The van der Waals surface area contributed by atoms with Crippen LogP contribution < -0.4 is 10.6 Å². The highest BCUT2D eigenvalue weighted by molar-refractivity contribution is 7.07. The second-order valence-corrected chi connectivity index (χ2v) is 5.12. The maximum absolute atomic E-state index is 4.26. The lowest BCUT2D eigenvalue weighted by Crippen LogP contribution is -2.17. The minimum atomic E-state index is 0.413. The minimum absolute atomic E-state index is 0.413. The Bertz CT molecular complexity index is 468. The van der Waals surface area contributed by atoms with Crippen molar-refractivity contribution >= 4 is 22.8 Å². The summed E-state index contributed by atoms with van der Waals surface area (Å²) < 4.78 is 0. The van der Waals surface area contributed by atoms with E-state index in [-0.39, 0.29) is 0 Å². The van der Waals surface area contributed by atoms with Gasteiger partial charge < -0.3 is 10.6 Å². The smallest absolute Gasteiger partial charge is 0.127 e. The molecule has 0 saturated carbocycles. The van der Waals surface area contributed by atoms with Crippen molar-refractivity contribution in [3.05, 3.63) is 40.7 Å². The number of aromatic nitrogens is 1.